The molecule has 0 aliphatic heterocycles. The molecule has 0 aliphatic carbocycles. The molecule has 23 heteroatoms. The van der Waals surface area contributed by atoms with E-state index in [4.69, 9.17) is 0 Å². The first-order valence-corrected chi connectivity index (χ1v) is 6.29. The fourth-order valence-electron chi connectivity index (χ4n) is 0.692. The quantitative estimate of drug-likeness (QED) is 0.0476. The highest BCUT2D eigenvalue weighted by molar-refractivity contribution is 5.21. The Morgan fingerprint density at radius 2 is 0.640 bits per heavy atom. The Labute approximate surface area is 141 Å². The molecule has 0 heterocycles. The van der Waals surface area contributed by atoms with Crippen LogP contribution >= 0.6 is 0 Å². The average Bonchev–Trinajstić information content (AvgIpc) is 2.63. The maximum atomic E-state index is 3.30. The number of rotatable bonds is 22. The molecule has 0 bridgehead atoms. The third-order valence-corrected chi connectivity index (χ3v) is 1.45. The van der Waals surface area contributed by atoms with Crippen molar-refractivity contribution in [1.29, 1.82) is 0 Å². The van der Waals surface area contributed by atoms with Crippen molar-refractivity contribution in [3.63, 3.8) is 0 Å². The van der Waals surface area contributed by atoms with Crippen LogP contribution in [0, 0.1) is 0 Å². The van der Waals surface area contributed by atoms with Crippen molar-refractivity contribution in [3.8, 4) is 0 Å². The molecule has 25 heavy (non-hydrogen) atoms. The first-order valence-electron chi connectivity index (χ1n) is 6.29. The van der Waals surface area contributed by atoms with Gasteiger partial charge in [-0.15, -0.1) is 5.53 Å². The van der Waals surface area contributed by atoms with Crippen molar-refractivity contribution in [3.05, 3.63) is 0 Å². The Hall–Kier alpha value is -1.37. The number of hydrazone groups is 1. The van der Waals surface area contributed by atoms with Crippen molar-refractivity contribution in [2.45, 2.75) is 0 Å². The van der Waals surface area contributed by atoms with Crippen LogP contribution in [0.15, 0.2) is 5.10 Å². The molecular weight excluding hydrogens is 346 g/mol. The summed E-state index contributed by atoms with van der Waals surface area (Å²) in [5.74, 6) is 0. The van der Waals surface area contributed by atoms with Crippen LogP contribution in [-0.4, -0.2) is 13.8 Å². The van der Waals surface area contributed by atoms with E-state index in [9.17, 15) is 0 Å². The zero-order valence-electron chi connectivity index (χ0n) is 13.2. The Bertz CT molecular complexity index is 240. The van der Waals surface area contributed by atoms with E-state index < -0.39 is 0 Å². The normalized spacial score (nSPS) is 10.9. The van der Waals surface area contributed by atoms with E-state index in [0.29, 0.717) is 0 Å². The second-order valence-corrected chi connectivity index (χ2v) is 3.02. The van der Waals surface area contributed by atoms with Crippen LogP contribution in [0.1, 0.15) is 0 Å². The lowest BCUT2D eigenvalue weighted by molar-refractivity contribution is 0.190. The second-order valence-electron chi connectivity index (χ2n) is 3.02. The molecule has 22 N–H and O–H groups in total. The molecule has 0 atom stereocenters. The number of nitrogens with one attached hydrogen (secondary N) is 22. The molecule has 0 amide bonds. The zero-order chi connectivity index (χ0) is 18.3. The molecule has 0 aromatic carbocycles. The van der Waals surface area contributed by atoms with E-state index in [1.165, 1.54) is 0 Å². The van der Waals surface area contributed by atoms with Crippen LogP contribution in [0.3, 0.4) is 0 Å². The summed E-state index contributed by atoms with van der Waals surface area (Å²) in [5.41, 5.74) is 54.8. The van der Waals surface area contributed by atoms with Gasteiger partial charge in [0.15, 0.2) is 0 Å². The number of hydrogen-bond acceptors (Lipinski definition) is 23. The van der Waals surface area contributed by atoms with Crippen molar-refractivity contribution in [2.24, 2.45) is 5.10 Å². The topological polar surface area (TPSA) is 277 Å². The summed E-state index contributed by atoms with van der Waals surface area (Å²) in [4.78, 5) is 0. The minimum atomic E-state index is 1.70. The smallest absolute Gasteiger partial charge is 0.0121 e. The number of hydrogen-bond donors (Lipinski definition) is 22. The van der Waals surface area contributed by atoms with Gasteiger partial charge in [0.05, 0.1) is 0 Å². The van der Waals surface area contributed by atoms with Gasteiger partial charge in [0.2, 0.25) is 0 Å². The summed E-state index contributed by atoms with van der Waals surface area (Å²) >= 11 is 0. The Morgan fingerprint density at radius 3 is 0.880 bits per heavy atom. The standard InChI is InChI=1S/C2H27N23/c1-3-5-7-9-11-13-15-17-19-21-23-25-24-22-20-18-16-14-12-10-8-6-4-2/h4-25H,1H2,2H3. The number of nitrogens with zero attached hydrogens (tertiary/aromatic N) is 1. The van der Waals surface area contributed by atoms with E-state index in [1.807, 2.05) is 0 Å². The van der Waals surface area contributed by atoms with Crippen LogP contribution in [-0.2, 0) is 0 Å². The molecule has 0 aliphatic rings. The molecule has 0 saturated carbocycles. The highest BCUT2D eigenvalue weighted by Gasteiger charge is 1.84. The summed E-state index contributed by atoms with van der Waals surface area (Å²) in [6, 6.07) is 0. The van der Waals surface area contributed by atoms with Gasteiger partial charge in [0.25, 0.3) is 0 Å². The van der Waals surface area contributed by atoms with E-state index in [2.05, 4.69) is 133 Å². The van der Waals surface area contributed by atoms with Gasteiger partial charge < -0.3 is 0 Å². The zero-order valence-corrected chi connectivity index (χ0v) is 13.2. The third-order valence-electron chi connectivity index (χ3n) is 1.45. The monoisotopic (exact) mass is 373 g/mol. The highest BCUT2D eigenvalue weighted by Crippen LogP contribution is 1.34. The first kappa shape index (κ1) is 23.6. The van der Waals surface area contributed by atoms with Crippen LogP contribution < -0.4 is 122 Å². The summed E-state index contributed by atoms with van der Waals surface area (Å²) in [6.45, 7) is 3.18. The van der Waals surface area contributed by atoms with Gasteiger partial charge in [-0.25, -0.2) is 11.0 Å². The van der Waals surface area contributed by atoms with E-state index in [1.54, 1.807) is 7.05 Å². The summed E-state index contributed by atoms with van der Waals surface area (Å²) in [6.07, 6.45) is 0. The average molecular weight is 373 g/mol. The lowest BCUT2D eigenvalue weighted by Crippen LogP contribution is -2.69. The van der Waals surface area contributed by atoms with Crippen LogP contribution in [0.4, 0.5) is 0 Å². The first-order chi connectivity index (χ1) is 12.4. The molecule has 0 spiro atoms. The van der Waals surface area contributed by atoms with Crippen LogP contribution in [0.5, 0.6) is 0 Å². The van der Waals surface area contributed by atoms with Gasteiger partial charge in [0.1, 0.15) is 0 Å². The maximum Gasteiger partial charge on any atom is 0.0121 e. The Kier molecular flexibility index (Phi) is 21.4. The summed E-state index contributed by atoms with van der Waals surface area (Å²) < 4.78 is 0. The molecule has 23 nitrogen and oxygen atoms in total. The van der Waals surface area contributed by atoms with Crippen LogP contribution in [0.25, 0.3) is 0 Å². The minimum Gasteiger partial charge on any atom is -0.246 e. The van der Waals surface area contributed by atoms with Gasteiger partial charge in [-0.2, -0.15) is 110 Å². The van der Waals surface area contributed by atoms with E-state index in [0.717, 1.165) is 0 Å². The van der Waals surface area contributed by atoms with Crippen LogP contribution in [0.2, 0.25) is 0 Å². The Balaban J connectivity index is 2.95. The second kappa shape index (κ2) is 22.6. The lowest BCUT2D eigenvalue weighted by Gasteiger charge is -2.15. The molecular formula is C2H27N23. The maximum absolute atomic E-state index is 3.30. The van der Waals surface area contributed by atoms with Crippen molar-refractivity contribution in [1.82, 2.24) is 122 Å². The van der Waals surface area contributed by atoms with Gasteiger partial charge in [0, 0.05) is 6.72 Å². The fourth-order valence-corrected chi connectivity index (χ4v) is 0.692. The van der Waals surface area contributed by atoms with Gasteiger partial charge in [-0.3, -0.25) is 0 Å². The fraction of sp³-hybridized carbons (Fsp3) is 0.500. The van der Waals surface area contributed by atoms with Gasteiger partial charge >= 0.3 is 0 Å². The molecule has 0 unspecified atom stereocenters. The summed E-state index contributed by atoms with van der Waals surface area (Å²) in [5, 5.41) is 3.30. The predicted molar refractivity (Wildman–Crippen MR) is 84.5 cm³/mol. The summed E-state index contributed by atoms with van der Waals surface area (Å²) in [7, 11) is 1.70. The minimum absolute atomic E-state index is 1.70. The third kappa shape index (κ3) is 22.6. The van der Waals surface area contributed by atoms with Crippen molar-refractivity contribution in [2.75, 3.05) is 7.05 Å². The van der Waals surface area contributed by atoms with E-state index >= 15 is 0 Å². The van der Waals surface area contributed by atoms with E-state index in [-0.39, 0.29) is 0 Å². The number of hydrazine groups is 21. The molecule has 0 aromatic rings. The molecule has 0 radical (unpaired) electrons. The predicted octanol–water partition coefficient (Wildman–Crippen LogP) is -10.6. The SMILES string of the molecule is C=NNNNNNNNNNNNNNNNNNNNNNNC. The molecule has 0 saturated heterocycles. The van der Waals surface area contributed by atoms with Gasteiger partial charge in [-0.1, -0.05) is 0 Å². The highest BCUT2D eigenvalue weighted by atomic mass is 16.0. The molecule has 0 aromatic heterocycles. The molecule has 0 rings (SSSR count). The largest absolute Gasteiger partial charge is 0.246 e. The van der Waals surface area contributed by atoms with Crippen molar-refractivity contribution < 1.29 is 0 Å². The Morgan fingerprint density at radius 1 is 0.400 bits per heavy atom. The molecule has 150 valence electrons. The van der Waals surface area contributed by atoms with Gasteiger partial charge in [-0.05, 0) is 7.05 Å². The lowest BCUT2D eigenvalue weighted by atomic mass is 11.5. The molecule has 0 fully saturated rings. The van der Waals surface area contributed by atoms with Crippen molar-refractivity contribution >= 4 is 6.72 Å².